The van der Waals surface area contributed by atoms with Gasteiger partial charge in [0.25, 0.3) is 5.91 Å². The van der Waals surface area contributed by atoms with E-state index in [9.17, 15) is 13.2 Å². The molecular weight excluding hydrogens is 536 g/mol. The summed E-state index contributed by atoms with van der Waals surface area (Å²) in [6.07, 6.45) is 2.55. The Kier molecular flexibility index (Phi) is 8.23. The number of hydrazone groups is 1. The van der Waals surface area contributed by atoms with E-state index in [2.05, 4.69) is 31.0 Å². The summed E-state index contributed by atoms with van der Waals surface area (Å²) < 4.78 is 39.3. The molecule has 0 bridgehead atoms. The minimum atomic E-state index is -3.79. The van der Waals surface area contributed by atoms with Crippen molar-refractivity contribution < 1.29 is 22.7 Å². The summed E-state index contributed by atoms with van der Waals surface area (Å²) in [5.41, 5.74) is 6.39. The number of rotatable bonds is 9. The molecule has 1 amide bonds. The molecule has 2 aromatic carbocycles. The quantitative estimate of drug-likeness (QED) is 0.315. The zero-order valence-corrected chi connectivity index (χ0v) is 22.5. The predicted molar refractivity (Wildman–Crippen MR) is 140 cm³/mol. The highest BCUT2D eigenvalue weighted by Crippen LogP contribution is 2.33. The highest BCUT2D eigenvalue weighted by Gasteiger charge is 2.24. The van der Waals surface area contributed by atoms with Crippen LogP contribution in [-0.2, 0) is 14.8 Å². The third-order valence-corrected chi connectivity index (χ3v) is 6.89. The summed E-state index contributed by atoms with van der Waals surface area (Å²) in [5.74, 6) is 0.143. The van der Waals surface area contributed by atoms with E-state index in [4.69, 9.17) is 9.47 Å². The maximum absolute atomic E-state index is 12.6. The highest BCUT2D eigenvalue weighted by atomic mass is 79.9. The average Bonchev–Trinajstić information content (AvgIpc) is 3.09. The van der Waals surface area contributed by atoms with E-state index < -0.39 is 22.5 Å². The number of halogens is 1. The van der Waals surface area contributed by atoms with E-state index in [1.807, 2.05) is 44.2 Å². The number of carbonyl (C=O) groups is 1. The number of benzene rings is 2. The molecule has 11 heteroatoms. The van der Waals surface area contributed by atoms with Crippen molar-refractivity contribution in [1.29, 1.82) is 0 Å². The SMILES string of the molecule is COc1ccc(N(CC(=O)N/N=C\c2cc(C)n(-c3cccc(Br)c3)c2C)S(C)(=O)=O)c(OC)c1. The number of sulfonamides is 1. The van der Waals surface area contributed by atoms with Gasteiger partial charge in [-0.3, -0.25) is 9.10 Å². The topological polar surface area (TPSA) is 102 Å². The molecule has 186 valence electrons. The number of hydrogen-bond donors (Lipinski definition) is 1. The van der Waals surface area contributed by atoms with Gasteiger partial charge in [-0.1, -0.05) is 22.0 Å². The summed E-state index contributed by atoms with van der Waals surface area (Å²) in [6.45, 7) is 3.46. The molecule has 1 N–H and O–H groups in total. The van der Waals surface area contributed by atoms with E-state index in [0.717, 1.165) is 37.7 Å². The molecule has 0 radical (unpaired) electrons. The third kappa shape index (κ3) is 6.23. The number of aromatic nitrogens is 1. The number of aryl methyl sites for hydroxylation is 1. The van der Waals surface area contributed by atoms with Crippen LogP contribution < -0.4 is 19.2 Å². The van der Waals surface area contributed by atoms with Gasteiger partial charge in [-0.2, -0.15) is 5.10 Å². The van der Waals surface area contributed by atoms with Gasteiger partial charge in [0.2, 0.25) is 10.0 Å². The van der Waals surface area contributed by atoms with Crippen LogP contribution in [-0.4, -0.2) is 52.1 Å². The van der Waals surface area contributed by atoms with Gasteiger partial charge in [0.1, 0.15) is 18.0 Å². The number of carbonyl (C=O) groups excluding carboxylic acids is 1. The van der Waals surface area contributed by atoms with Crippen LogP contribution in [0.3, 0.4) is 0 Å². The summed E-state index contributed by atoms with van der Waals surface area (Å²) in [6, 6.07) is 14.5. The number of ether oxygens (including phenoxy) is 2. The van der Waals surface area contributed by atoms with E-state index in [1.165, 1.54) is 26.5 Å². The molecule has 0 spiro atoms. The monoisotopic (exact) mass is 562 g/mol. The van der Waals surface area contributed by atoms with Gasteiger partial charge in [-0.15, -0.1) is 0 Å². The average molecular weight is 563 g/mol. The van der Waals surface area contributed by atoms with Gasteiger partial charge in [0.05, 0.1) is 32.4 Å². The predicted octanol–water partition coefficient (Wildman–Crippen LogP) is 3.79. The molecule has 0 aliphatic heterocycles. The van der Waals surface area contributed by atoms with Crippen LogP contribution in [0.15, 0.2) is 58.1 Å². The van der Waals surface area contributed by atoms with Gasteiger partial charge >= 0.3 is 0 Å². The Morgan fingerprint density at radius 2 is 1.89 bits per heavy atom. The van der Waals surface area contributed by atoms with E-state index >= 15 is 0 Å². The van der Waals surface area contributed by atoms with Crippen molar-refractivity contribution in [3.63, 3.8) is 0 Å². The van der Waals surface area contributed by atoms with Crippen LogP contribution in [0.2, 0.25) is 0 Å². The van der Waals surface area contributed by atoms with Crippen molar-refractivity contribution in [2.24, 2.45) is 5.10 Å². The van der Waals surface area contributed by atoms with Gasteiger partial charge in [0.15, 0.2) is 0 Å². The van der Waals surface area contributed by atoms with Crippen LogP contribution in [0.25, 0.3) is 5.69 Å². The molecule has 0 aliphatic rings. The zero-order chi connectivity index (χ0) is 25.8. The number of nitrogens with one attached hydrogen (secondary N) is 1. The Morgan fingerprint density at radius 1 is 1.14 bits per heavy atom. The van der Waals surface area contributed by atoms with Gasteiger partial charge < -0.3 is 14.0 Å². The summed E-state index contributed by atoms with van der Waals surface area (Å²) in [5, 5.41) is 4.05. The highest BCUT2D eigenvalue weighted by molar-refractivity contribution is 9.10. The van der Waals surface area contributed by atoms with E-state index in [0.29, 0.717) is 5.75 Å². The second kappa shape index (κ2) is 11.0. The van der Waals surface area contributed by atoms with Crippen LogP contribution in [0.5, 0.6) is 11.5 Å². The third-order valence-electron chi connectivity index (χ3n) is 5.27. The Labute approximate surface area is 213 Å². The van der Waals surface area contributed by atoms with E-state index in [-0.39, 0.29) is 11.4 Å². The molecule has 35 heavy (non-hydrogen) atoms. The standard InChI is InChI=1S/C24H27BrN4O5S/c1-16-11-18(17(2)29(16)20-8-6-7-19(25)12-20)14-26-27-24(30)15-28(35(5,31)32)22-10-9-21(33-3)13-23(22)34-4/h6-14H,15H2,1-5H3,(H,27,30)/b26-14-. The van der Waals surface area contributed by atoms with Crippen molar-refractivity contribution in [2.75, 3.05) is 31.3 Å². The first kappa shape index (κ1) is 26.3. The fraction of sp³-hybridized carbons (Fsp3) is 0.250. The normalized spacial score (nSPS) is 11.5. The van der Waals surface area contributed by atoms with Crippen LogP contribution in [0.1, 0.15) is 17.0 Å². The Morgan fingerprint density at radius 3 is 2.51 bits per heavy atom. The number of hydrogen-bond acceptors (Lipinski definition) is 6. The molecule has 0 saturated carbocycles. The maximum atomic E-state index is 12.6. The summed E-state index contributed by atoms with van der Waals surface area (Å²) in [4.78, 5) is 12.6. The van der Waals surface area contributed by atoms with Gasteiger partial charge in [0, 0.05) is 33.2 Å². The number of anilines is 1. The van der Waals surface area contributed by atoms with Crippen LogP contribution in [0.4, 0.5) is 5.69 Å². The first-order valence-electron chi connectivity index (χ1n) is 10.5. The largest absolute Gasteiger partial charge is 0.497 e. The molecule has 0 unspecified atom stereocenters. The van der Waals surface area contributed by atoms with Gasteiger partial charge in [-0.05, 0) is 50.2 Å². The molecule has 0 atom stereocenters. The Balaban J connectivity index is 1.78. The number of nitrogens with zero attached hydrogens (tertiary/aromatic N) is 3. The lowest BCUT2D eigenvalue weighted by Gasteiger charge is -2.23. The molecule has 3 aromatic rings. The fourth-order valence-electron chi connectivity index (χ4n) is 3.64. The summed E-state index contributed by atoms with van der Waals surface area (Å²) >= 11 is 3.49. The van der Waals surface area contributed by atoms with Crippen LogP contribution in [0, 0.1) is 13.8 Å². The van der Waals surface area contributed by atoms with Crippen molar-refractivity contribution in [3.8, 4) is 17.2 Å². The van der Waals surface area contributed by atoms with Gasteiger partial charge in [-0.25, -0.2) is 13.8 Å². The second-order valence-corrected chi connectivity index (χ2v) is 10.6. The minimum Gasteiger partial charge on any atom is -0.497 e. The molecule has 0 saturated heterocycles. The smallest absolute Gasteiger partial charge is 0.260 e. The van der Waals surface area contributed by atoms with Crippen LogP contribution >= 0.6 is 15.9 Å². The van der Waals surface area contributed by atoms with E-state index in [1.54, 1.807) is 12.1 Å². The minimum absolute atomic E-state index is 0.215. The number of amides is 1. The first-order chi connectivity index (χ1) is 16.5. The lowest BCUT2D eigenvalue weighted by Crippen LogP contribution is -2.39. The lowest BCUT2D eigenvalue weighted by atomic mass is 10.2. The fourth-order valence-corrected chi connectivity index (χ4v) is 4.89. The van der Waals surface area contributed by atoms with Crippen molar-refractivity contribution in [1.82, 2.24) is 9.99 Å². The molecule has 9 nitrogen and oxygen atoms in total. The summed E-state index contributed by atoms with van der Waals surface area (Å²) in [7, 11) is -0.892. The van der Waals surface area contributed by atoms with Crippen molar-refractivity contribution >= 4 is 43.8 Å². The molecule has 3 rings (SSSR count). The first-order valence-corrected chi connectivity index (χ1v) is 13.2. The molecule has 1 heterocycles. The molecule has 1 aromatic heterocycles. The molecule has 0 fully saturated rings. The second-order valence-electron chi connectivity index (χ2n) is 7.74. The lowest BCUT2D eigenvalue weighted by molar-refractivity contribution is -0.119. The number of methoxy groups -OCH3 is 2. The van der Waals surface area contributed by atoms with Crippen molar-refractivity contribution in [3.05, 3.63) is 70.0 Å². The molecular formula is C24H27BrN4O5S. The Bertz CT molecular complexity index is 1370. The zero-order valence-electron chi connectivity index (χ0n) is 20.1. The maximum Gasteiger partial charge on any atom is 0.260 e. The van der Waals surface area contributed by atoms with Crippen molar-refractivity contribution in [2.45, 2.75) is 13.8 Å². The Hall–Kier alpha value is -3.31. The molecule has 0 aliphatic carbocycles.